The molecule has 3 aliphatic carbocycles. The molecule has 0 N–H and O–H groups in total. The first-order valence-corrected chi connectivity index (χ1v) is 8.24. The Kier molecular flexibility index (Phi) is 5.84. The van der Waals surface area contributed by atoms with E-state index in [0.717, 1.165) is 12.3 Å². The monoisotopic (exact) mass is 288 g/mol. The second-order valence-electron chi connectivity index (χ2n) is 6.48. The predicted molar refractivity (Wildman–Crippen MR) is 86.8 cm³/mol. The van der Waals surface area contributed by atoms with E-state index in [2.05, 4.69) is 25.3 Å². The fourth-order valence-electron chi connectivity index (χ4n) is 4.09. The maximum atomic E-state index is 11.0. The Labute approximate surface area is 129 Å². The molecule has 1 fully saturated rings. The molecule has 2 heteroatoms. The first-order chi connectivity index (χ1) is 10.2. The van der Waals surface area contributed by atoms with Gasteiger partial charge in [-0.1, -0.05) is 24.8 Å². The number of carbonyl (C=O) groups excluding carboxylic acids is 1. The van der Waals surface area contributed by atoms with E-state index in [1.807, 2.05) is 6.08 Å². The predicted octanol–water partition coefficient (Wildman–Crippen LogP) is 4.68. The number of rotatable bonds is 5. The molecule has 0 radical (unpaired) electrons. The van der Waals surface area contributed by atoms with Gasteiger partial charge in [0.1, 0.15) is 0 Å². The van der Waals surface area contributed by atoms with Crippen molar-refractivity contribution in [2.45, 2.75) is 45.4 Å². The van der Waals surface area contributed by atoms with Crippen LogP contribution in [0.3, 0.4) is 0 Å². The molecule has 0 unspecified atom stereocenters. The lowest BCUT2D eigenvalue weighted by atomic mass is 9.66. The van der Waals surface area contributed by atoms with Crippen molar-refractivity contribution in [2.24, 2.45) is 23.7 Å². The van der Waals surface area contributed by atoms with Gasteiger partial charge in [-0.15, -0.1) is 6.58 Å². The number of hydrogen-bond donors (Lipinski definition) is 0. The van der Waals surface area contributed by atoms with Crippen molar-refractivity contribution in [1.29, 1.82) is 0 Å². The van der Waals surface area contributed by atoms with Crippen molar-refractivity contribution >= 4 is 5.97 Å². The lowest BCUT2D eigenvalue weighted by Gasteiger charge is -2.39. The van der Waals surface area contributed by atoms with Gasteiger partial charge in [0, 0.05) is 6.92 Å². The second-order valence-corrected chi connectivity index (χ2v) is 6.48. The molecule has 4 atom stereocenters. The standard InChI is InChI=1S/C19H28O2/c1-4-16-9-6-15-7-10-17(5-2)19(16)18(11-8-15)12-13-21-14(3)20/h4-5,9,15,17-19H,1-2,6-8,10-13H2,3H3/t15-,17+,18-,19+/m0/s1. The molecule has 2 nitrogen and oxygen atoms in total. The van der Waals surface area contributed by atoms with Crippen LogP contribution >= 0.6 is 0 Å². The molecule has 0 heterocycles. The molecule has 0 aromatic carbocycles. The number of allylic oxidation sites excluding steroid dienone is 4. The summed E-state index contributed by atoms with van der Waals surface area (Å²) in [5, 5.41) is 0. The van der Waals surface area contributed by atoms with E-state index in [9.17, 15) is 4.79 Å². The van der Waals surface area contributed by atoms with Crippen LogP contribution in [0.25, 0.3) is 0 Å². The number of ether oxygens (including phenoxy) is 1. The Balaban J connectivity index is 2.19. The molecule has 1 saturated carbocycles. The van der Waals surface area contributed by atoms with Crippen LogP contribution in [0, 0.1) is 23.7 Å². The molecule has 21 heavy (non-hydrogen) atoms. The van der Waals surface area contributed by atoms with E-state index in [-0.39, 0.29) is 5.97 Å². The van der Waals surface area contributed by atoms with Crippen molar-refractivity contribution in [1.82, 2.24) is 0 Å². The zero-order valence-electron chi connectivity index (χ0n) is 13.2. The van der Waals surface area contributed by atoms with Crippen LogP contribution in [0.4, 0.5) is 0 Å². The molecular weight excluding hydrogens is 260 g/mol. The molecule has 0 aromatic rings. The van der Waals surface area contributed by atoms with E-state index >= 15 is 0 Å². The lowest BCUT2D eigenvalue weighted by Crippen LogP contribution is -2.30. The lowest BCUT2D eigenvalue weighted by molar-refractivity contribution is -0.141. The Morgan fingerprint density at radius 1 is 1.33 bits per heavy atom. The number of fused-ring (bicyclic) bond motifs is 5. The van der Waals surface area contributed by atoms with E-state index in [1.54, 1.807) is 0 Å². The van der Waals surface area contributed by atoms with Crippen LogP contribution in [0.15, 0.2) is 37.0 Å². The average molecular weight is 288 g/mol. The number of hydrogen-bond acceptors (Lipinski definition) is 2. The summed E-state index contributed by atoms with van der Waals surface area (Å²) in [5.41, 5.74) is 1.39. The quantitative estimate of drug-likeness (QED) is 0.542. The Morgan fingerprint density at radius 3 is 2.76 bits per heavy atom. The minimum Gasteiger partial charge on any atom is -0.466 e. The Morgan fingerprint density at radius 2 is 2.10 bits per heavy atom. The highest BCUT2D eigenvalue weighted by Crippen LogP contribution is 2.44. The van der Waals surface area contributed by atoms with E-state index in [0.29, 0.717) is 24.4 Å². The molecule has 0 amide bonds. The summed E-state index contributed by atoms with van der Waals surface area (Å²) in [4.78, 5) is 11.0. The summed E-state index contributed by atoms with van der Waals surface area (Å²) in [6.45, 7) is 10.1. The number of esters is 1. The van der Waals surface area contributed by atoms with E-state index in [1.165, 1.54) is 44.6 Å². The summed E-state index contributed by atoms with van der Waals surface area (Å²) in [5.74, 6) is 2.21. The molecule has 3 rings (SSSR count). The molecule has 3 aliphatic rings. The summed E-state index contributed by atoms with van der Waals surface area (Å²) in [7, 11) is 0. The normalized spacial score (nSPS) is 32.3. The van der Waals surface area contributed by atoms with Gasteiger partial charge in [0.05, 0.1) is 6.61 Å². The van der Waals surface area contributed by atoms with E-state index in [4.69, 9.17) is 4.74 Å². The zero-order chi connectivity index (χ0) is 15.2. The first kappa shape index (κ1) is 16.1. The van der Waals surface area contributed by atoms with Crippen molar-refractivity contribution in [3.05, 3.63) is 37.0 Å². The molecule has 0 aliphatic heterocycles. The average Bonchev–Trinajstić information content (AvgIpc) is 2.41. The van der Waals surface area contributed by atoms with E-state index < -0.39 is 0 Å². The Hall–Kier alpha value is -1.31. The van der Waals surface area contributed by atoms with Gasteiger partial charge in [0.25, 0.3) is 0 Å². The van der Waals surface area contributed by atoms with Gasteiger partial charge in [-0.05, 0) is 67.8 Å². The fourth-order valence-corrected chi connectivity index (χ4v) is 4.09. The third-order valence-corrected chi connectivity index (χ3v) is 5.23. The summed E-state index contributed by atoms with van der Waals surface area (Å²) in [6.07, 6.45) is 13.8. The Bertz CT molecular complexity index is 421. The van der Waals surface area contributed by atoms with Gasteiger partial charge in [-0.3, -0.25) is 4.79 Å². The highest BCUT2D eigenvalue weighted by atomic mass is 16.5. The zero-order valence-corrected chi connectivity index (χ0v) is 13.2. The van der Waals surface area contributed by atoms with Crippen molar-refractivity contribution in [2.75, 3.05) is 6.61 Å². The first-order valence-electron chi connectivity index (χ1n) is 8.24. The molecule has 116 valence electrons. The van der Waals surface area contributed by atoms with Crippen LogP contribution in [0.2, 0.25) is 0 Å². The van der Waals surface area contributed by atoms with Gasteiger partial charge >= 0.3 is 5.97 Å². The van der Waals surface area contributed by atoms with Crippen LogP contribution in [0.5, 0.6) is 0 Å². The van der Waals surface area contributed by atoms with Crippen LogP contribution in [0.1, 0.15) is 45.4 Å². The maximum Gasteiger partial charge on any atom is 0.302 e. The van der Waals surface area contributed by atoms with Gasteiger partial charge in [-0.2, -0.15) is 0 Å². The van der Waals surface area contributed by atoms with Crippen LogP contribution < -0.4 is 0 Å². The maximum absolute atomic E-state index is 11.0. The molecular formula is C19H28O2. The third kappa shape index (κ3) is 4.09. The molecule has 2 bridgehead atoms. The van der Waals surface area contributed by atoms with Crippen LogP contribution in [-0.2, 0) is 9.53 Å². The van der Waals surface area contributed by atoms with Crippen molar-refractivity contribution in [3.63, 3.8) is 0 Å². The van der Waals surface area contributed by atoms with Crippen LogP contribution in [-0.4, -0.2) is 12.6 Å². The highest BCUT2D eigenvalue weighted by molar-refractivity contribution is 5.65. The van der Waals surface area contributed by atoms with Crippen molar-refractivity contribution in [3.8, 4) is 0 Å². The molecule has 0 saturated heterocycles. The fraction of sp³-hybridized carbons (Fsp3) is 0.632. The largest absolute Gasteiger partial charge is 0.466 e. The minimum absolute atomic E-state index is 0.179. The smallest absolute Gasteiger partial charge is 0.302 e. The van der Waals surface area contributed by atoms with Crippen molar-refractivity contribution < 1.29 is 9.53 Å². The SMILES string of the molecule is C=CC1=CC[C@@H]2CC[C@@H](CCOC(C)=O)[C@H]1[C@H](C=C)CC2. The topological polar surface area (TPSA) is 26.3 Å². The minimum atomic E-state index is -0.179. The van der Waals surface area contributed by atoms with Gasteiger partial charge in [0.15, 0.2) is 0 Å². The van der Waals surface area contributed by atoms with Gasteiger partial charge in [0.2, 0.25) is 0 Å². The summed E-state index contributed by atoms with van der Waals surface area (Å²) in [6, 6.07) is 0. The highest BCUT2D eigenvalue weighted by Gasteiger charge is 2.34. The summed E-state index contributed by atoms with van der Waals surface area (Å²) >= 11 is 0. The van der Waals surface area contributed by atoms with Gasteiger partial charge < -0.3 is 4.74 Å². The second kappa shape index (κ2) is 7.63. The van der Waals surface area contributed by atoms with Gasteiger partial charge in [-0.25, -0.2) is 0 Å². The molecule has 0 aromatic heterocycles. The summed E-state index contributed by atoms with van der Waals surface area (Å²) < 4.78 is 5.18. The number of carbonyl (C=O) groups is 1. The molecule has 0 spiro atoms. The third-order valence-electron chi connectivity index (χ3n) is 5.23.